The number of hydroxylamine groups is 1. The highest BCUT2D eigenvalue weighted by Crippen LogP contribution is 2.53. The lowest BCUT2D eigenvalue weighted by atomic mass is 9.93. The van der Waals surface area contributed by atoms with Gasteiger partial charge in [0.25, 0.3) is 0 Å². The minimum atomic E-state index is -1.77. The largest absolute Gasteiger partial charge is 0.453 e. The van der Waals surface area contributed by atoms with Crippen molar-refractivity contribution >= 4 is 47.8 Å². The average Bonchev–Trinajstić information content (AvgIpc) is 4.06. The van der Waals surface area contributed by atoms with E-state index in [0.717, 1.165) is 50.5 Å². The van der Waals surface area contributed by atoms with Crippen molar-refractivity contribution < 1.29 is 32.7 Å². The van der Waals surface area contributed by atoms with Gasteiger partial charge in [-0.15, -0.1) is 0 Å². The Morgan fingerprint density at radius 2 is 1.57 bits per heavy atom. The van der Waals surface area contributed by atoms with Crippen molar-refractivity contribution in [1.82, 2.24) is 40.5 Å². The van der Waals surface area contributed by atoms with E-state index in [1.165, 1.54) is 19.1 Å². The number of carbonyl (C=O) groups is 3. The number of halogens is 2. The maximum Gasteiger partial charge on any atom is 0.407 e. The third kappa shape index (κ3) is 7.36. The van der Waals surface area contributed by atoms with Crippen LogP contribution in [0.3, 0.4) is 0 Å². The molecule has 8 atom stereocenters. The molecule has 4 N–H and O–H groups in total. The average molecular weight is 841 g/mol. The van der Waals surface area contributed by atoms with Gasteiger partial charge in [0.2, 0.25) is 11.8 Å². The molecule has 3 amide bonds. The molecule has 2 aromatic heterocycles. The monoisotopic (exact) mass is 840 g/mol. The molecule has 0 unspecified atom stereocenters. The zero-order chi connectivity index (χ0) is 42.8. The Morgan fingerprint density at radius 1 is 0.867 bits per heavy atom. The summed E-state index contributed by atoms with van der Waals surface area (Å²) >= 11 is 0. The number of hydrogen-bond donors (Lipinski definition) is 4. The number of nitrogens with zero attached hydrogens (tertiary/aromatic N) is 4. The number of aromatic amines is 2. The Kier molecular flexibility index (Phi) is 11.1. The minimum absolute atomic E-state index is 0.126. The minimum Gasteiger partial charge on any atom is -0.453 e. The highest BCUT2D eigenvalue weighted by atomic mass is 28.3. The van der Waals surface area contributed by atoms with Crippen LogP contribution in [-0.2, 0) is 19.2 Å². The second-order valence-corrected chi connectivity index (χ2v) is 23.1. The molecule has 0 radical (unpaired) electrons. The van der Waals surface area contributed by atoms with Gasteiger partial charge >= 0.3 is 6.09 Å². The molecule has 3 aromatic carbocycles. The molecule has 13 nitrogen and oxygen atoms in total. The van der Waals surface area contributed by atoms with E-state index in [1.54, 1.807) is 6.20 Å². The molecule has 8 rings (SSSR count). The molecule has 3 fully saturated rings. The molecular weight excluding hydrogens is 787 g/mol. The van der Waals surface area contributed by atoms with Gasteiger partial charge in [-0.2, -0.15) is 5.48 Å². The first-order valence-corrected chi connectivity index (χ1v) is 24.1. The van der Waals surface area contributed by atoms with E-state index in [2.05, 4.69) is 52.1 Å². The van der Waals surface area contributed by atoms with E-state index in [1.807, 2.05) is 69.0 Å². The Morgan fingerprint density at radius 3 is 2.25 bits per heavy atom. The fourth-order valence-corrected chi connectivity index (χ4v) is 12.5. The number of alkyl halides is 2. The molecule has 1 saturated carbocycles. The number of ether oxygens (including phenoxy) is 1. The summed E-state index contributed by atoms with van der Waals surface area (Å²) in [6.45, 7) is 12.1. The van der Waals surface area contributed by atoms with Crippen LogP contribution in [0.2, 0.25) is 19.1 Å². The van der Waals surface area contributed by atoms with E-state index in [0.29, 0.717) is 17.5 Å². The molecule has 4 heterocycles. The van der Waals surface area contributed by atoms with Crippen molar-refractivity contribution in [3.05, 3.63) is 72.4 Å². The highest BCUT2D eigenvalue weighted by Gasteiger charge is 2.61. The molecule has 2 aliphatic heterocycles. The van der Waals surface area contributed by atoms with Gasteiger partial charge in [-0.3, -0.25) is 9.59 Å². The molecule has 2 saturated heterocycles. The van der Waals surface area contributed by atoms with Crippen molar-refractivity contribution in [2.75, 3.05) is 20.4 Å². The summed E-state index contributed by atoms with van der Waals surface area (Å²) in [5.41, 5.74) is 8.02. The second kappa shape index (κ2) is 16.0. The van der Waals surface area contributed by atoms with E-state index in [4.69, 9.17) is 19.5 Å². The summed E-state index contributed by atoms with van der Waals surface area (Å²) in [6.07, 6.45) is -1.37. The molecule has 5 aromatic rings. The summed E-state index contributed by atoms with van der Waals surface area (Å²) in [5.74, 6) is -0.288. The molecule has 1 aliphatic carbocycles. The van der Waals surface area contributed by atoms with Crippen molar-refractivity contribution in [2.45, 2.75) is 95.8 Å². The first kappa shape index (κ1) is 41.5. The number of imidazole rings is 2. The number of hydrogen-bond acceptors (Lipinski definition) is 8. The predicted octanol–water partition coefficient (Wildman–Crippen LogP) is 7.41. The van der Waals surface area contributed by atoms with Crippen LogP contribution < -0.4 is 10.8 Å². The first-order valence-electron chi connectivity index (χ1n) is 20.7. The standard InChI is InChI=1S/C44H54F2N8O5Si/c1-22(2)36(51-44(57)58-5)42(55)53-21-60(7,8)20-33(53)40-47-19-31(49-40)25-11-9-24(10-12-25)26-13-15-28-27(17-26)14-16-30-38(28)50-41(48-30)39-29-18-32(35(46)34(29)45)54(39)43(56)37(23(3)4)52-59-6/h9-17,19,22-23,29,32-37,39,52H,18,20-21H2,1-8H3,(H,47,49)(H,48,50)(H,51,57)/t29-,32+,33+,34+,35-,36+,37+,39-/m1/s1. The third-order valence-electron chi connectivity index (χ3n) is 12.7. The number of carbonyl (C=O) groups excluding carboxylic acids is 3. The molecule has 3 aliphatic rings. The zero-order valence-electron chi connectivity index (χ0n) is 35.3. The van der Waals surface area contributed by atoms with Crippen LogP contribution in [0, 0.1) is 17.8 Å². The third-order valence-corrected chi connectivity index (χ3v) is 15.4. The van der Waals surface area contributed by atoms with E-state index >= 15 is 8.78 Å². The normalized spacial score (nSPS) is 24.5. The number of piperidine rings is 1. The van der Waals surface area contributed by atoms with Gasteiger partial charge in [0.1, 0.15) is 29.9 Å². The number of amides is 3. The van der Waals surface area contributed by atoms with Crippen molar-refractivity contribution in [1.29, 1.82) is 0 Å². The maximum absolute atomic E-state index is 15.3. The van der Waals surface area contributed by atoms with Crippen LogP contribution in [-0.4, -0.2) is 107 Å². The fourth-order valence-electron chi connectivity index (χ4n) is 9.63. The van der Waals surface area contributed by atoms with Gasteiger partial charge in [-0.05, 0) is 58.5 Å². The number of methoxy groups -OCH3 is 1. The Balaban J connectivity index is 1.03. The van der Waals surface area contributed by atoms with Gasteiger partial charge in [0, 0.05) is 17.5 Å². The summed E-state index contributed by atoms with van der Waals surface area (Å²) in [7, 11) is 0.954. The van der Waals surface area contributed by atoms with Crippen molar-refractivity contribution in [3.8, 4) is 22.4 Å². The number of alkyl carbamates (subject to hydrolysis) is 1. The molecule has 16 heteroatoms. The number of nitrogens with one attached hydrogen (secondary N) is 4. The summed E-state index contributed by atoms with van der Waals surface area (Å²) in [4.78, 5) is 65.0. The number of rotatable bonds is 11. The van der Waals surface area contributed by atoms with Crippen molar-refractivity contribution in [3.63, 3.8) is 0 Å². The smallest absolute Gasteiger partial charge is 0.407 e. The first-order chi connectivity index (χ1) is 28.6. The van der Waals surface area contributed by atoms with Crippen LogP contribution in [0.1, 0.15) is 57.8 Å². The molecule has 0 spiro atoms. The van der Waals surface area contributed by atoms with Gasteiger partial charge in [0.15, 0.2) is 6.17 Å². The van der Waals surface area contributed by atoms with Crippen LogP contribution in [0.4, 0.5) is 13.6 Å². The molecule has 60 heavy (non-hydrogen) atoms. The number of H-pyrrole nitrogens is 2. The topological polar surface area (TPSA) is 158 Å². The van der Waals surface area contributed by atoms with Crippen LogP contribution in [0.5, 0.6) is 0 Å². The number of likely N-dealkylation sites (tertiary alicyclic amines) is 1. The Labute approximate surface area is 349 Å². The lowest BCUT2D eigenvalue weighted by molar-refractivity contribution is -0.147. The van der Waals surface area contributed by atoms with Crippen LogP contribution in [0.15, 0.2) is 60.8 Å². The van der Waals surface area contributed by atoms with Crippen molar-refractivity contribution in [2.24, 2.45) is 17.8 Å². The maximum atomic E-state index is 15.3. The molecular formula is C44H54F2N8O5Si. The van der Waals surface area contributed by atoms with E-state index in [-0.39, 0.29) is 36.1 Å². The van der Waals surface area contributed by atoms with Gasteiger partial charge < -0.3 is 34.7 Å². The van der Waals surface area contributed by atoms with Gasteiger partial charge in [0.05, 0.1) is 63.3 Å². The van der Waals surface area contributed by atoms with E-state index < -0.39 is 56.6 Å². The Bertz CT molecular complexity index is 2420. The SMILES string of the molecule is CON[C@H](C(=O)N1[C@H]2C[C@H]([C@H](F)[C@@H]2F)[C@@H]1c1nc2ccc3cc(-c4ccc(-c5cnc([C@@H]6C[Si](C)(C)CN6C(=O)[C@@H](NC(=O)OC)C(C)C)[nH]5)cc4)ccc3c2[nH]1)C(C)C. The highest BCUT2D eigenvalue weighted by molar-refractivity contribution is 6.78. The van der Waals surface area contributed by atoms with Gasteiger partial charge in [-0.25, -0.2) is 23.5 Å². The van der Waals surface area contributed by atoms with Crippen LogP contribution in [0.25, 0.3) is 44.2 Å². The fraction of sp³-hybridized carbons (Fsp3) is 0.477. The number of aromatic nitrogens is 4. The number of benzene rings is 3. The quantitative estimate of drug-likeness (QED) is 0.0792. The number of fused-ring (bicyclic) bond motifs is 5. The van der Waals surface area contributed by atoms with Gasteiger partial charge in [-0.1, -0.05) is 83.3 Å². The summed E-state index contributed by atoms with van der Waals surface area (Å²) in [5, 5.41) is 4.62. The zero-order valence-corrected chi connectivity index (χ0v) is 36.3. The Hall–Kier alpha value is -5.19. The lowest BCUT2D eigenvalue weighted by Gasteiger charge is -2.39. The van der Waals surface area contributed by atoms with E-state index in [9.17, 15) is 14.4 Å². The lowest BCUT2D eigenvalue weighted by Crippen LogP contribution is -2.56. The van der Waals surface area contributed by atoms with Crippen LogP contribution >= 0.6 is 0 Å². The summed E-state index contributed by atoms with van der Waals surface area (Å²) < 4.78 is 35.3. The second-order valence-electron chi connectivity index (χ2n) is 18.1. The predicted molar refractivity (Wildman–Crippen MR) is 228 cm³/mol. The molecule has 2 bridgehead atoms. The summed E-state index contributed by atoms with van der Waals surface area (Å²) in [6, 6.07) is 15.9. The molecule has 318 valence electrons.